The Labute approximate surface area is 111 Å². The highest BCUT2D eigenvalue weighted by molar-refractivity contribution is 5.78. The van der Waals surface area contributed by atoms with Crippen molar-refractivity contribution < 1.29 is 9.90 Å². The van der Waals surface area contributed by atoms with E-state index in [1.807, 2.05) is 0 Å². The van der Waals surface area contributed by atoms with Crippen molar-refractivity contribution in [1.82, 2.24) is 9.80 Å². The Hall–Kier alpha value is -1.13. The number of amides is 1. The topological polar surface area (TPSA) is 43.8 Å². The van der Waals surface area contributed by atoms with Crippen LogP contribution in [-0.4, -0.2) is 59.6 Å². The van der Waals surface area contributed by atoms with E-state index in [0.29, 0.717) is 26.1 Å². The molecule has 0 aromatic heterocycles. The van der Waals surface area contributed by atoms with E-state index in [9.17, 15) is 4.79 Å². The molecule has 0 aliphatic rings. The number of hydrogen-bond donors (Lipinski definition) is 1. The van der Waals surface area contributed by atoms with Crippen LogP contribution >= 0.6 is 0 Å². The van der Waals surface area contributed by atoms with Gasteiger partial charge in [-0.25, -0.2) is 0 Å². The van der Waals surface area contributed by atoms with Gasteiger partial charge < -0.3 is 10.0 Å². The van der Waals surface area contributed by atoms with Crippen LogP contribution in [0.1, 0.15) is 20.3 Å². The first-order valence-corrected chi connectivity index (χ1v) is 6.41. The monoisotopic (exact) mass is 254 g/mol. The molecule has 0 heterocycles. The van der Waals surface area contributed by atoms with Crippen molar-refractivity contribution in [2.45, 2.75) is 26.3 Å². The van der Waals surface area contributed by atoms with E-state index in [0.717, 1.165) is 6.54 Å². The lowest BCUT2D eigenvalue weighted by atomic mass is 10.2. The van der Waals surface area contributed by atoms with Crippen molar-refractivity contribution in [1.29, 1.82) is 0 Å². The summed E-state index contributed by atoms with van der Waals surface area (Å²) in [6, 6.07) is 0.287. The quantitative estimate of drug-likeness (QED) is 0.597. The fraction of sp³-hybridized carbons (Fsp3) is 0.643. The molecular formula is C14H26N2O2. The second kappa shape index (κ2) is 9.85. The summed E-state index contributed by atoms with van der Waals surface area (Å²) in [5.41, 5.74) is 0. The van der Waals surface area contributed by atoms with Crippen LogP contribution in [0.5, 0.6) is 0 Å². The Morgan fingerprint density at radius 3 is 2.22 bits per heavy atom. The number of carbonyl (C=O) groups excluding carboxylic acids is 1. The lowest BCUT2D eigenvalue weighted by Crippen LogP contribution is -2.43. The van der Waals surface area contributed by atoms with Crippen molar-refractivity contribution in [2.24, 2.45) is 0 Å². The summed E-state index contributed by atoms with van der Waals surface area (Å²) in [7, 11) is 0. The van der Waals surface area contributed by atoms with Crippen molar-refractivity contribution in [2.75, 3.05) is 32.8 Å². The number of nitrogens with zero attached hydrogens (tertiary/aromatic N) is 2. The summed E-state index contributed by atoms with van der Waals surface area (Å²) in [6.45, 7) is 13.7. The standard InChI is InChI=1S/C14H26N2O2/c1-5-8-15(9-6-2)14(18)12-16(13(3)4)10-7-11-17/h5-6,13,17H,1-2,7-12H2,3-4H3. The van der Waals surface area contributed by atoms with Crippen molar-refractivity contribution in [3.63, 3.8) is 0 Å². The predicted molar refractivity (Wildman–Crippen MR) is 75.4 cm³/mol. The Morgan fingerprint density at radius 1 is 1.28 bits per heavy atom. The third-order valence-electron chi connectivity index (χ3n) is 2.72. The van der Waals surface area contributed by atoms with E-state index in [-0.39, 0.29) is 18.6 Å². The fourth-order valence-electron chi connectivity index (χ4n) is 1.66. The SMILES string of the molecule is C=CCN(CC=C)C(=O)CN(CCCO)C(C)C. The van der Waals surface area contributed by atoms with Gasteiger partial charge in [0.1, 0.15) is 0 Å². The van der Waals surface area contributed by atoms with Crippen LogP contribution in [-0.2, 0) is 4.79 Å². The Bertz CT molecular complexity index is 255. The molecule has 0 rings (SSSR count). The molecule has 0 radical (unpaired) electrons. The highest BCUT2D eigenvalue weighted by atomic mass is 16.3. The van der Waals surface area contributed by atoms with Crippen LogP contribution in [0.2, 0.25) is 0 Å². The van der Waals surface area contributed by atoms with Gasteiger partial charge in [0.2, 0.25) is 5.91 Å². The molecule has 0 aromatic carbocycles. The summed E-state index contributed by atoms with van der Waals surface area (Å²) < 4.78 is 0. The molecule has 104 valence electrons. The molecule has 0 bridgehead atoms. The van der Waals surface area contributed by atoms with Gasteiger partial charge in [0.05, 0.1) is 6.54 Å². The summed E-state index contributed by atoms with van der Waals surface area (Å²) in [5.74, 6) is 0.0708. The average Bonchev–Trinajstić information content (AvgIpc) is 2.33. The van der Waals surface area contributed by atoms with E-state index >= 15 is 0 Å². The van der Waals surface area contributed by atoms with Crippen molar-refractivity contribution in [3.8, 4) is 0 Å². The van der Waals surface area contributed by atoms with E-state index in [4.69, 9.17) is 5.11 Å². The molecule has 4 nitrogen and oxygen atoms in total. The number of hydrogen-bond acceptors (Lipinski definition) is 3. The maximum atomic E-state index is 12.1. The van der Waals surface area contributed by atoms with Crippen LogP contribution in [0.15, 0.2) is 25.3 Å². The first-order valence-electron chi connectivity index (χ1n) is 6.41. The van der Waals surface area contributed by atoms with Crippen LogP contribution in [0.3, 0.4) is 0 Å². The van der Waals surface area contributed by atoms with Crippen LogP contribution < -0.4 is 0 Å². The largest absolute Gasteiger partial charge is 0.396 e. The van der Waals surface area contributed by atoms with Crippen molar-refractivity contribution in [3.05, 3.63) is 25.3 Å². The minimum Gasteiger partial charge on any atom is -0.396 e. The third kappa shape index (κ3) is 6.57. The van der Waals surface area contributed by atoms with Gasteiger partial charge in [-0.3, -0.25) is 9.69 Å². The maximum absolute atomic E-state index is 12.1. The molecule has 0 aliphatic carbocycles. The second-order valence-corrected chi connectivity index (χ2v) is 4.52. The molecule has 0 saturated carbocycles. The zero-order valence-corrected chi connectivity index (χ0v) is 11.6. The Kier molecular flexibility index (Phi) is 9.24. The molecule has 1 amide bonds. The van der Waals surface area contributed by atoms with Gasteiger partial charge >= 0.3 is 0 Å². The minimum absolute atomic E-state index is 0.0708. The number of rotatable bonds is 10. The molecule has 0 saturated heterocycles. The summed E-state index contributed by atoms with van der Waals surface area (Å²) in [6.07, 6.45) is 4.12. The fourth-order valence-corrected chi connectivity index (χ4v) is 1.66. The van der Waals surface area contributed by atoms with Crippen molar-refractivity contribution >= 4 is 5.91 Å². The number of carbonyl (C=O) groups is 1. The molecule has 0 spiro atoms. The molecule has 0 fully saturated rings. The van der Waals surface area contributed by atoms with E-state index in [2.05, 4.69) is 31.9 Å². The van der Waals surface area contributed by atoms with Gasteiger partial charge in [0.15, 0.2) is 0 Å². The van der Waals surface area contributed by atoms with E-state index in [1.165, 1.54) is 0 Å². The van der Waals surface area contributed by atoms with Gasteiger partial charge in [-0.15, -0.1) is 13.2 Å². The summed E-state index contributed by atoms with van der Waals surface area (Å²) >= 11 is 0. The molecule has 0 aromatic rings. The second-order valence-electron chi connectivity index (χ2n) is 4.52. The predicted octanol–water partition coefficient (Wildman–Crippen LogP) is 1.28. The molecular weight excluding hydrogens is 228 g/mol. The van der Waals surface area contributed by atoms with Crippen LogP contribution in [0, 0.1) is 0 Å². The van der Waals surface area contributed by atoms with Crippen LogP contribution in [0.4, 0.5) is 0 Å². The average molecular weight is 254 g/mol. The van der Waals surface area contributed by atoms with Gasteiger partial charge in [-0.2, -0.15) is 0 Å². The molecule has 0 aliphatic heterocycles. The van der Waals surface area contributed by atoms with Gasteiger partial charge in [0.25, 0.3) is 0 Å². The number of aliphatic hydroxyl groups excluding tert-OH is 1. The highest BCUT2D eigenvalue weighted by Crippen LogP contribution is 2.02. The minimum atomic E-state index is 0.0708. The number of aliphatic hydroxyl groups is 1. The molecule has 1 N–H and O–H groups in total. The lowest BCUT2D eigenvalue weighted by molar-refractivity contribution is -0.131. The third-order valence-corrected chi connectivity index (χ3v) is 2.72. The highest BCUT2D eigenvalue weighted by Gasteiger charge is 2.17. The Morgan fingerprint density at radius 2 is 1.83 bits per heavy atom. The lowest BCUT2D eigenvalue weighted by Gasteiger charge is -2.28. The van der Waals surface area contributed by atoms with E-state index < -0.39 is 0 Å². The first-order chi connectivity index (χ1) is 8.56. The molecule has 0 unspecified atom stereocenters. The maximum Gasteiger partial charge on any atom is 0.237 e. The van der Waals surface area contributed by atoms with Gasteiger partial charge in [0, 0.05) is 32.3 Å². The zero-order valence-electron chi connectivity index (χ0n) is 11.6. The molecule has 18 heavy (non-hydrogen) atoms. The smallest absolute Gasteiger partial charge is 0.237 e. The summed E-state index contributed by atoms with van der Waals surface area (Å²) in [5, 5.41) is 8.86. The van der Waals surface area contributed by atoms with Crippen LogP contribution in [0.25, 0.3) is 0 Å². The Balaban J connectivity index is 4.43. The molecule has 0 atom stereocenters. The summed E-state index contributed by atoms with van der Waals surface area (Å²) in [4.78, 5) is 15.9. The van der Waals surface area contributed by atoms with Gasteiger partial charge in [-0.1, -0.05) is 12.2 Å². The van der Waals surface area contributed by atoms with Gasteiger partial charge in [-0.05, 0) is 20.3 Å². The van der Waals surface area contributed by atoms with E-state index in [1.54, 1.807) is 17.1 Å². The first kappa shape index (κ1) is 16.9. The normalized spacial score (nSPS) is 10.7. The molecule has 4 heteroatoms. The zero-order chi connectivity index (χ0) is 14.0.